The second-order valence-corrected chi connectivity index (χ2v) is 6.84. The number of hydrogen-bond donors (Lipinski definition) is 0. The smallest absolute Gasteiger partial charge is 0.152 e. The van der Waals surface area contributed by atoms with Gasteiger partial charge in [-0.15, -0.1) is 11.6 Å². The van der Waals surface area contributed by atoms with Crippen LogP contribution in [0, 0.1) is 6.92 Å². The van der Waals surface area contributed by atoms with Gasteiger partial charge in [-0.3, -0.25) is 0 Å². The maximum Gasteiger partial charge on any atom is 0.152 e. The molecule has 1 saturated heterocycles. The van der Waals surface area contributed by atoms with Crippen molar-refractivity contribution in [2.45, 2.75) is 25.3 Å². The number of alkyl halides is 1. The SMILES string of the molecule is Cc1nn(C2CCS(=O)(=O)C2)c(Cl)c1CCl. The Kier molecular flexibility index (Phi) is 3.20. The number of hydrogen-bond acceptors (Lipinski definition) is 3. The van der Waals surface area contributed by atoms with Crippen LogP contribution in [0.15, 0.2) is 0 Å². The molecule has 0 radical (unpaired) electrons. The Bertz CT molecular complexity index is 510. The van der Waals surface area contributed by atoms with E-state index in [1.54, 1.807) is 4.68 Å². The van der Waals surface area contributed by atoms with Crippen molar-refractivity contribution in [1.82, 2.24) is 9.78 Å². The van der Waals surface area contributed by atoms with Crippen molar-refractivity contribution in [3.63, 3.8) is 0 Å². The lowest BCUT2D eigenvalue weighted by atomic mass is 10.2. The largest absolute Gasteiger partial charge is 0.249 e. The van der Waals surface area contributed by atoms with Crippen LogP contribution in [-0.4, -0.2) is 29.7 Å². The van der Waals surface area contributed by atoms with Gasteiger partial charge in [0.1, 0.15) is 5.15 Å². The molecule has 1 aromatic rings. The van der Waals surface area contributed by atoms with Crippen molar-refractivity contribution in [1.29, 1.82) is 0 Å². The lowest BCUT2D eigenvalue weighted by Gasteiger charge is -2.09. The zero-order valence-corrected chi connectivity index (χ0v) is 11.1. The maximum atomic E-state index is 11.4. The molecule has 1 aliphatic rings. The Morgan fingerprint density at radius 3 is 2.69 bits per heavy atom. The van der Waals surface area contributed by atoms with Crippen molar-refractivity contribution >= 4 is 33.0 Å². The van der Waals surface area contributed by atoms with Gasteiger partial charge in [-0.2, -0.15) is 5.10 Å². The average molecular weight is 283 g/mol. The van der Waals surface area contributed by atoms with E-state index in [1.807, 2.05) is 6.92 Å². The third kappa shape index (κ3) is 2.08. The molecule has 0 spiro atoms. The first-order chi connectivity index (χ1) is 7.44. The summed E-state index contributed by atoms with van der Waals surface area (Å²) >= 11 is 11.9. The first kappa shape index (κ1) is 12.2. The highest BCUT2D eigenvalue weighted by molar-refractivity contribution is 7.91. The highest BCUT2D eigenvalue weighted by Gasteiger charge is 2.31. The lowest BCUT2D eigenvalue weighted by molar-refractivity contribution is 0.497. The monoisotopic (exact) mass is 282 g/mol. The third-order valence-corrected chi connectivity index (χ3v) is 5.25. The van der Waals surface area contributed by atoms with Crippen LogP contribution in [0.25, 0.3) is 0 Å². The van der Waals surface area contributed by atoms with E-state index in [4.69, 9.17) is 23.2 Å². The van der Waals surface area contributed by atoms with Crippen molar-refractivity contribution in [2.24, 2.45) is 0 Å². The number of halogens is 2. The maximum absolute atomic E-state index is 11.4. The first-order valence-corrected chi connectivity index (χ1v) is 7.68. The summed E-state index contributed by atoms with van der Waals surface area (Å²) in [6, 6.07) is -0.145. The molecule has 1 unspecified atom stereocenters. The molecule has 2 heterocycles. The van der Waals surface area contributed by atoms with Gasteiger partial charge >= 0.3 is 0 Å². The molecule has 1 aromatic heterocycles. The summed E-state index contributed by atoms with van der Waals surface area (Å²) in [6.45, 7) is 1.82. The van der Waals surface area contributed by atoms with Crippen LogP contribution in [0.3, 0.4) is 0 Å². The topological polar surface area (TPSA) is 52.0 Å². The van der Waals surface area contributed by atoms with Gasteiger partial charge in [0.15, 0.2) is 9.84 Å². The van der Waals surface area contributed by atoms with Crippen LogP contribution in [0.5, 0.6) is 0 Å². The summed E-state index contributed by atoms with van der Waals surface area (Å²) < 4.78 is 24.3. The third-order valence-electron chi connectivity index (χ3n) is 2.83. The molecule has 0 aromatic carbocycles. The Morgan fingerprint density at radius 2 is 2.25 bits per heavy atom. The van der Waals surface area contributed by atoms with Crippen LogP contribution >= 0.6 is 23.2 Å². The van der Waals surface area contributed by atoms with Crippen molar-refractivity contribution < 1.29 is 8.42 Å². The van der Waals surface area contributed by atoms with Gasteiger partial charge in [-0.1, -0.05) is 11.6 Å². The minimum absolute atomic E-state index is 0.121. The lowest BCUT2D eigenvalue weighted by Crippen LogP contribution is -2.12. The number of nitrogens with zero attached hydrogens (tertiary/aromatic N) is 2. The van der Waals surface area contributed by atoms with Crippen molar-refractivity contribution in [3.05, 3.63) is 16.4 Å². The van der Waals surface area contributed by atoms with E-state index in [9.17, 15) is 8.42 Å². The summed E-state index contributed by atoms with van der Waals surface area (Å²) in [6.07, 6.45) is 0.574. The molecule has 1 fully saturated rings. The predicted molar refractivity (Wildman–Crippen MR) is 63.8 cm³/mol. The fourth-order valence-corrected chi connectivity index (χ4v) is 4.38. The summed E-state index contributed by atoms with van der Waals surface area (Å²) in [5.41, 5.74) is 1.55. The molecule has 2 rings (SSSR count). The van der Waals surface area contributed by atoms with E-state index in [1.165, 1.54) is 0 Å². The molecular formula is C9H12Cl2N2O2S. The first-order valence-electron chi connectivity index (χ1n) is 4.94. The summed E-state index contributed by atoms with van der Waals surface area (Å²) in [5, 5.41) is 4.73. The average Bonchev–Trinajstić information content (AvgIpc) is 2.68. The van der Waals surface area contributed by atoms with Gasteiger partial charge < -0.3 is 0 Å². The van der Waals surface area contributed by atoms with Crippen molar-refractivity contribution in [2.75, 3.05) is 11.5 Å². The molecule has 1 atom stereocenters. The number of rotatable bonds is 2. The molecule has 0 amide bonds. The Hall–Kier alpha value is -0.260. The quantitative estimate of drug-likeness (QED) is 0.779. The minimum atomic E-state index is -2.92. The number of sulfone groups is 1. The minimum Gasteiger partial charge on any atom is -0.249 e. The Balaban J connectivity index is 2.36. The van der Waals surface area contributed by atoms with E-state index in [0.717, 1.165) is 11.3 Å². The van der Waals surface area contributed by atoms with Crippen LogP contribution in [0.4, 0.5) is 0 Å². The zero-order valence-electron chi connectivity index (χ0n) is 8.78. The zero-order chi connectivity index (χ0) is 11.9. The molecule has 4 nitrogen and oxygen atoms in total. The molecule has 0 aliphatic carbocycles. The van der Waals surface area contributed by atoms with E-state index in [-0.39, 0.29) is 17.5 Å². The highest BCUT2D eigenvalue weighted by atomic mass is 35.5. The van der Waals surface area contributed by atoms with E-state index < -0.39 is 9.84 Å². The number of aryl methyl sites for hydroxylation is 1. The van der Waals surface area contributed by atoms with E-state index >= 15 is 0 Å². The molecule has 90 valence electrons. The fourth-order valence-electron chi connectivity index (χ4n) is 1.92. The van der Waals surface area contributed by atoms with Gasteiger partial charge in [0, 0.05) is 5.56 Å². The predicted octanol–water partition coefficient (Wildman–Crippen LogP) is 1.94. The fraction of sp³-hybridized carbons (Fsp3) is 0.667. The molecule has 0 saturated carbocycles. The van der Waals surface area contributed by atoms with Gasteiger partial charge in [0.25, 0.3) is 0 Å². The van der Waals surface area contributed by atoms with E-state index in [2.05, 4.69) is 5.10 Å². The van der Waals surface area contributed by atoms with Crippen LogP contribution < -0.4 is 0 Å². The Morgan fingerprint density at radius 1 is 1.56 bits per heavy atom. The molecule has 0 N–H and O–H groups in total. The molecular weight excluding hydrogens is 271 g/mol. The highest BCUT2D eigenvalue weighted by Crippen LogP contribution is 2.30. The van der Waals surface area contributed by atoms with Crippen LogP contribution in [-0.2, 0) is 15.7 Å². The molecule has 0 bridgehead atoms. The normalized spacial score (nSPS) is 23.8. The van der Waals surface area contributed by atoms with Gasteiger partial charge in [0.2, 0.25) is 0 Å². The van der Waals surface area contributed by atoms with Crippen LogP contribution in [0.1, 0.15) is 23.7 Å². The van der Waals surface area contributed by atoms with Crippen molar-refractivity contribution in [3.8, 4) is 0 Å². The van der Waals surface area contributed by atoms with Crippen LogP contribution in [0.2, 0.25) is 5.15 Å². The second kappa shape index (κ2) is 4.20. The molecule has 16 heavy (non-hydrogen) atoms. The van der Waals surface area contributed by atoms with Gasteiger partial charge in [-0.05, 0) is 13.3 Å². The summed E-state index contributed by atoms with van der Waals surface area (Å²) in [5.74, 6) is 0.628. The summed E-state index contributed by atoms with van der Waals surface area (Å²) in [7, 11) is -2.92. The van der Waals surface area contributed by atoms with E-state index in [0.29, 0.717) is 17.5 Å². The second-order valence-electron chi connectivity index (χ2n) is 3.99. The number of aromatic nitrogens is 2. The van der Waals surface area contributed by atoms with Gasteiger partial charge in [0.05, 0.1) is 29.1 Å². The standard InChI is InChI=1S/C9H12Cl2N2O2S/c1-6-8(4-10)9(11)13(12-6)7-2-3-16(14,15)5-7/h7H,2-5H2,1H3. The molecule has 7 heteroatoms. The van der Waals surface area contributed by atoms with Gasteiger partial charge in [-0.25, -0.2) is 13.1 Å². The summed E-state index contributed by atoms with van der Waals surface area (Å²) in [4.78, 5) is 0. The Labute approximate surface area is 104 Å². The molecule has 1 aliphatic heterocycles.